The number of nitrogens with zero attached hydrogens (tertiary/aromatic N) is 1. The lowest BCUT2D eigenvalue weighted by Crippen LogP contribution is -2.44. The van der Waals surface area contributed by atoms with Crippen LogP contribution in [0.3, 0.4) is 0 Å². The molecule has 0 bridgehead atoms. The first kappa shape index (κ1) is 14.6. The zero-order valence-electron chi connectivity index (χ0n) is 11.9. The predicted molar refractivity (Wildman–Crippen MR) is 75.1 cm³/mol. The quantitative estimate of drug-likeness (QED) is 0.699. The second kappa shape index (κ2) is 7.10. The van der Waals surface area contributed by atoms with Crippen molar-refractivity contribution in [2.24, 2.45) is 0 Å². The Bertz CT molecular complexity index is 290. The Labute approximate surface area is 115 Å². The molecule has 3 N–H and O–H groups in total. The molecule has 2 amide bonds. The monoisotopic (exact) mass is 269 g/mol. The number of carbonyl (C=O) groups is 1. The summed E-state index contributed by atoms with van der Waals surface area (Å²) < 4.78 is 0. The van der Waals surface area contributed by atoms with E-state index in [-0.39, 0.29) is 18.2 Å². The summed E-state index contributed by atoms with van der Waals surface area (Å²) in [5.74, 6) is 0. The van der Waals surface area contributed by atoms with Crippen molar-refractivity contribution in [2.75, 3.05) is 19.6 Å². The Morgan fingerprint density at radius 2 is 2.11 bits per heavy atom. The van der Waals surface area contributed by atoms with Crippen molar-refractivity contribution in [3.63, 3.8) is 0 Å². The molecule has 1 aliphatic heterocycles. The number of aliphatic hydroxyl groups is 1. The molecule has 1 saturated heterocycles. The predicted octanol–water partition coefficient (Wildman–Crippen LogP) is 1.07. The summed E-state index contributed by atoms with van der Waals surface area (Å²) in [4.78, 5) is 14.2. The first-order chi connectivity index (χ1) is 9.15. The van der Waals surface area contributed by atoms with Gasteiger partial charge in [0, 0.05) is 31.7 Å². The van der Waals surface area contributed by atoms with Crippen molar-refractivity contribution in [1.29, 1.82) is 0 Å². The maximum Gasteiger partial charge on any atom is 0.315 e. The van der Waals surface area contributed by atoms with Crippen molar-refractivity contribution in [3.8, 4) is 0 Å². The number of hydrogen-bond donors (Lipinski definition) is 3. The fourth-order valence-corrected chi connectivity index (χ4v) is 3.14. The maximum atomic E-state index is 11.7. The molecule has 0 aromatic heterocycles. The van der Waals surface area contributed by atoms with Gasteiger partial charge in [-0.2, -0.15) is 0 Å². The topological polar surface area (TPSA) is 64.6 Å². The van der Waals surface area contributed by atoms with Crippen LogP contribution in [0.15, 0.2) is 0 Å². The molecule has 2 aliphatic rings. The second-order valence-corrected chi connectivity index (χ2v) is 5.96. The molecule has 0 aromatic carbocycles. The van der Waals surface area contributed by atoms with E-state index in [1.807, 2.05) is 0 Å². The van der Waals surface area contributed by atoms with Crippen LogP contribution in [0.25, 0.3) is 0 Å². The van der Waals surface area contributed by atoms with Crippen LogP contribution in [-0.4, -0.2) is 53.9 Å². The minimum Gasteiger partial charge on any atom is -0.393 e. The van der Waals surface area contributed by atoms with E-state index in [4.69, 9.17) is 5.11 Å². The highest BCUT2D eigenvalue weighted by Crippen LogP contribution is 2.26. The zero-order valence-corrected chi connectivity index (χ0v) is 11.9. The van der Waals surface area contributed by atoms with Gasteiger partial charge in [0.15, 0.2) is 0 Å². The van der Waals surface area contributed by atoms with E-state index in [0.29, 0.717) is 13.0 Å². The summed E-state index contributed by atoms with van der Waals surface area (Å²) in [6.45, 7) is 4.37. The smallest absolute Gasteiger partial charge is 0.315 e. The van der Waals surface area contributed by atoms with Crippen LogP contribution in [-0.2, 0) is 0 Å². The van der Waals surface area contributed by atoms with Gasteiger partial charge in [0.05, 0.1) is 6.10 Å². The van der Waals surface area contributed by atoms with E-state index < -0.39 is 0 Å². The van der Waals surface area contributed by atoms with Gasteiger partial charge in [-0.25, -0.2) is 4.79 Å². The van der Waals surface area contributed by atoms with E-state index in [1.165, 1.54) is 25.7 Å². The number of amides is 2. The van der Waals surface area contributed by atoms with Gasteiger partial charge in [-0.3, -0.25) is 4.90 Å². The molecule has 5 heteroatoms. The van der Waals surface area contributed by atoms with Crippen LogP contribution < -0.4 is 10.6 Å². The number of nitrogens with one attached hydrogen (secondary N) is 2. The summed E-state index contributed by atoms with van der Waals surface area (Å²) in [5, 5.41) is 15.0. The zero-order chi connectivity index (χ0) is 13.7. The van der Waals surface area contributed by atoms with Crippen molar-refractivity contribution in [3.05, 3.63) is 0 Å². The van der Waals surface area contributed by atoms with E-state index in [0.717, 1.165) is 25.6 Å². The van der Waals surface area contributed by atoms with Crippen LogP contribution in [0.5, 0.6) is 0 Å². The van der Waals surface area contributed by atoms with Crippen LogP contribution in [0.4, 0.5) is 4.79 Å². The number of aliphatic hydroxyl groups excluding tert-OH is 1. The molecule has 0 spiro atoms. The Kier molecular flexibility index (Phi) is 5.45. The molecule has 0 aromatic rings. The minimum atomic E-state index is -0.357. The molecule has 5 nitrogen and oxygen atoms in total. The van der Waals surface area contributed by atoms with Gasteiger partial charge >= 0.3 is 6.03 Å². The Hall–Kier alpha value is -0.810. The molecule has 0 radical (unpaired) electrons. The van der Waals surface area contributed by atoms with Gasteiger partial charge < -0.3 is 15.7 Å². The number of carbonyl (C=O) groups excluding carboxylic acids is 1. The Morgan fingerprint density at radius 1 is 1.37 bits per heavy atom. The van der Waals surface area contributed by atoms with Crippen molar-refractivity contribution in [2.45, 2.75) is 63.6 Å². The summed E-state index contributed by atoms with van der Waals surface area (Å²) in [5.41, 5.74) is 0. The first-order valence-electron chi connectivity index (χ1n) is 7.61. The minimum absolute atomic E-state index is 0.0982. The van der Waals surface area contributed by atoms with Gasteiger partial charge in [-0.05, 0) is 32.6 Å². The van der Waals surface area contributed by atoms with Gasteiger partial charge in [0.1, 0.15) is 0 Å². The number of likely N-dealkylation sites (tertiary alicyclic amines) is 1. The lowest BCUT2D eigenvalue weighted by Gasteiger charge is -2.23. The largest absolute Gasteiger partial charge is 0.393 e. The van der Waals surface area contributed by atoms with Crippen LogP contribution in [0.2, 0.25) is 0 Å². The Balaban J connectivity index is 1.62. The molecular weight excluding hydrogens is 242 g/mol. The fourth-order valence-electron chi connectivity index (χ4n) is 3.14. The second-order valence-electron chi connectivity index (χ2n) is 5.96. The van der Waals surface area contributed by atoms with Crippen LogP contribution >= 0.6 is 0 Å². The summed E-state index contributed by atoms with van der Waals surface area (Å²) in [6, 6.07) is 0.941. The van der Waals surface area contributed by atoms with E-state index in [9.17, 15) is 4.79 Å². The number of urea groups is 1. The van der Waals surface area contributed by atoms with Crippen molar-refractivity contribution in [1.82, 2.24) is 15.5 Å². The third-order valence-electron chi connectivity index (χ3n) is 4.24. The molecule has 1 saturated carbocycles. The third kappa shape index (κ3) is 4.66. The number of rotatable bonds is 5. The highest BCUT2D eigenvalue weighted by Gasteiger charge is 2.30. The highest BCUT2D eigenvalue weighted by molar-refractivity contribution is 5.74. The van der Waals surface area contributed by atoms with Gasteiger partial charge in [-0.15, -0.1) is 0 Å². The summed E-state index contributed by atoms with van der Waals surface area (Å²) in [7, 11) is 0. The van der Waals surface area contributed by atoms with E-state index >= 15 is 0 Å². The molecule has 2 fully saturated rings. The molecule has 1 aliphatic carbocycles. The molecular formula is C14H27N3O2. The van der Waals surface area contributed by atoms with Crippen molar-refractivity contribution < 1.29 is 9.90 Å². The normalized spacial score (nSPS) is 26.5. The molecule has 2 atom stereocenters. The average molecular weight is 269 g/mol. The Morgan fingerprint density at radius 3 is 2.79 bits per heavy atom. The van der Waals surface area contributed by atoms with Crippen molar-refractivity contribution >= 4 is 6.03 Å². The summed E-state index contributed by atoms with van der Waals surface area (Å²) >= 11 is 0. The standard InChI is InChI=1S/C14H27N3O2/c1-11(18)6-8-15-14(19)16-12-7-9-17(10-12)13-4-2-3-5-13/h11-13,18H,2-10H2,1H3,(H2,15,16,19). The summed E-state index contributed by atoms with van der Waals surface area (Å²) in [6.07, 6.45) is 6.68. The van der Waals surface area contributed by atoms with Crippen LogP contribution in [0, 0.1) is 0 Å². The third-order valence-corrected chi connectivity index (χ3v) is 4.24. The molecule has 1 heterocycles. The highest BCUT2D eigenvalue weighted by atomic mass is 16.3. The molecule has 19 heavy (non-hydrogen) atoms. The molecule has 110 valence electrons. The SMILES string of the molecule is CC(O)CCNC(=O)NC1CCN(C2CCCC2)C1. The van der Waals surface area contributed by atoms with Gasteiger partial charge in [0.25, 0.3) is 0 Å². The van der Waals surface area contributed by atoms with Crippen LogP contribution in [0.1, 0.15) is 45.4 Å². The average Bonchev–Trinajstić information content (AvgIpc) is 2.97. The van der Waals surface area contributed by atoms with E-state index in [2.05, 4.69) is 15.5 Å². The van der Waals surface area contributed by atoms with Gasteiger partial charge in [-0.1, -0.05) is 12.8 Å². The lowest BCUT2D eigenvalue weighted by atomic mass is 10.2. The number of hydrogen-bond acceptors (Lipinski definition) is 3. The lowest BCUT2D eigenvalue weighted by molar-refractivity contribution is 0.183. The molecule has 2 unspecified atom stereocenters. The fraction of sp³-hybridized carbons (Fsp3) is 0.929. The maximum absolute atomic E-state index is 11.7. The van der Waals surface area contributed by atoms with Gasteiger partial charge in [0.2, 0.25) is 0 Å². The molecule has 2 rings (SSSR count). The van der Waals surface area contributed by atoms with E-state index in [1.54, 1.807) is 6.92 Å². The first-order valence-corrected chi connectivity index (χ1v) is 7.61.